The molecule has 8 bridgehead atoms. The second-order valence-electron chi connectivity index (χ2n) is 8.61. The molecule has 0 radical (unpaired) electrons. The van der Waals surface area contributed by atoms with E-state index in [1.165, 1.54) is 0 Å². The fourth-order valence-corrected chi connectivity index (χ4v) is 3.37. The molecule has 2 aromatic carbocycles. The van der Waals surface area contributed by atoms with Gasteiger partial charge in [0, 0.05) is 6.07 Å². The number of rotatable bonds is 8. The maximum Gasteiger partial charge on any atom is 0.330 e. The first kappa shape index (κ1) is 26.5. The lowest BCUT2D eigenvalue weighted by Gasteiger charge is -2.14. The summed E-state index contributed by atoms with van der Waals surface area (Å²) in [4.78, 5) is 26.0. The van der Waals surface area contributed by atoms with Crippen molar-refractivity contribution in [3.05, 3.63) is 48.5 Å². The van der Waals surface area contributed by atoms with E-state index in [9.17, 15) is 0 Å². The molecule has 40 heavy (non-hydrogen) atoms. The van der Waals surface area contributed by atoms with Crippen molar-refractivity contribution >= 4 is 23.3 Å². The standard InChI is InChI=1S/C26H30N10O4/c1-3-5-13-37-23-27-21-29-25(31-23)39-19-11-8-12-20(16-19)40-26-30-22(28-24(32-26)38-14-6-4-2)36-34-18-10-7-9-17(15-18)33-35-21/h7-12,15-16,33-34H,3-6,13-14H2,1-2H3,(H,27,29,31,35)(H,28,30,32,36). The van der Waals surface area contributed by atoms with Crippen LogP contribution < -0.4 is 40.7 Å². The highest BCUT2D eigenvalue weighted by molar-refractivity contribution is 5.59. The molecular weight excluding hydrogens is 516 g/mol. The van der Waals surface area contributed by atoms with Crippen molar-refractivity contribution in [2.75, 3.05) is 34.9 Å². The van der Waals surface area contributed by atoms with E-state index in [2.05, 4.69) is 65.5 Å². The van der Waals surface area contributed by atoms with Crippen LogP contribution in [0.3, 0.4) is 0 Å². The number of unbranched alkanes of at least 4 members (excludes halogenated alkanes) is 2. The Morgan fingerprint density at radius 2 is 1.10 bits per heavy atom. The normalized spacial score (nSPS) is 12.1. The Balaban J connectivity index is 1.49. The monoisotopic (exact) mass is 546 g/mol. The van der Waals surface area contributed by atoms with Crippen molar-refractivity contribution in [1.82, 2.24) is 29.9 Å². The first-order chi connectivity index (χ1) is 19.7. The van der Waals surface area contributed by atoms with Crippen LogP contribution in [0.25, 0.3) is 0 Å². The van der Waals surface area contributed by atoms with Gasteiger partial charge in [0.2, 0.25) is 0 Å². The lowest BCUT2D eigenvalue weighted by molar-refractivity contribution is 0.278. The summed E-state index contributed by atoms with van der Waals surface area (Å²) in [6, 6.07) is 14.7. The lowest BCUT2D eigenvalue weighted by atomic mass is 10.3. The van der Waals surface area contributed by atoms with Gasteiger partial charge in [-0.15, -0.1) is 9.97 Å². The number of hydrogen-bond donors (Lipinski definition) is 4. The molecule has 1 aliphatic heterocycles. The zero-order valence-corrected chi connectivity index (χ0v) is 22.2. The molecule has 14 heteroatoms. The minimum absolute atomic E-state index is 0.0396. The first-order valence-electron chi connectivity index (χ1n) is 13.0. The number of nitrogens with zero attached hydrogens (tertiary/aromatic N) is 6. The molecule has 0 atom stereocenters. The van der Waals surface area contributed by atoms with Crippen molar-refractivity contribution in [2.24, 2.45) is 0 Å². The van der Waals surface area contributed by atoms with Gasteiger partial charge in [-0.05, 0) is 43.2 Å². The average molecular weight is 547 g/mol. The summed E-state index contributed by atoms with van der Waals surface area (Å²) >= 11 is 0. The lowest BCUT2D eigenvalue weighted by Crippen LogP contribution is -2.15. The van der Waals surface area contributed by atoms with Crippen LogP contribution in [0.5, 0.6) is 35.5 Å². The summed E-state index contributed by atoms with van der Waals surface area (Å²) < 4.78 is 23.3. The van der Waals surface area contributed by atoms with E-state index in [0.29, 0.717) is 24.7 Å². The molecule has 0 saturated carbocycles. The Labute approximate surface area is 230 Å². The van der Waals surface area contributed by atoms with E-state index in [0.717, 1.165) is 37.1 Å². The highest BCUT2D eigenvalue weighted by atomic mass is 16.5. The highest BCUT2D eigenvalue weighted by Crippen LogP contribution is 2.28. The van der Waals surface area contributed by atoms with Gasteiger partial charge in [-0.2, -0.15) is 19.9 Å². The Hall–Kier alpha value is -5.14. The van der Waals surface area contributed by atoms with Gasteiger partial charge in [0.15, 0.2) is 0 Å². The maximum atomic E-state index is 5.95. The van der Waals surface area contributed by atoms with Crippen LogP contribution in [0.1, 0.15) is 39.5 Å². The highest BCUT2D eigenvalue weighted by Gasteiger charge is 2.14. The molecule has 4 N–H and O–H groups in total. The minimum atomic E-state index is 0.0396. The molecule has 1 aliphatic rings. The van der Waals surface area contributed by atoms with Crippen molar-refractivity contribution in [2.45, 2.75) is 39.5 Å². The molecule has 2 aromatic heterocycles. The van der Waals surface area contributed by atoms with Gasteiger partial charge in [0.05, 0.1) is 24.6 Å². The van der Waals surface area contributed by atoms with E-state index in [4.69, 9.17) is 18.9 Å². The molecule has 0 unspecified atom stereocenters. The molecule has 0 spiro atoms. The Bertz CT molecular complexity index is 1330. The van der Waals surface area contributed by atoms with Gasteiger partial charge < -0.3 is 18.9 Å². The maximum absolute atomic E-state index is 5.95. The fraction of sp³-hybridized carbons (Fsp3) is 0.308. The van der Waals surface area contributed by atoms with Gasteiger partial charge in [0.1, 0.15) is 11.5 Å². The van der Waals surface area contributed by atoms with Gasteiger partial charge in [0.25, 0.3) is 11.9 Å². The second kappa shape index (κ2) is 13.1. The number of hydrogen-bond acceptors (Lipinski definition) is 14. The van der Waals surface area contributed by atoms with Crippen LogP contribution in [-0.4, -0.2) is 43.1 Å². The summed E-state index contributed by atoms with van der Waals surface area (Å²) in [6.07, 6.45) is 3.67. The van der Waals surface area contributed by atoms with Crippen LogP contribution in [0.15, 0.2) is 48.5 Å². The second-order valence-corrected chi connectivity index (χ2v) is 8.61. The zero-order chi connectivity index (χ0) is 27.6. The summed E-state index contributed by atoms with van der Waals surface area (Å²) in [5, 5.41) is 0. The minimum Gasteiger partial charge on any atom is -0.463 e. The number of anilines is 4. The molecule has 0 saturated heterocycles. The summed E-state index contributed by atoms with van der Waals surface area (Å²) in [5.74, 6) is 1.27. The largest absolute Gasteiger partial charge is 0.463 e. The topological polar surface area (TPSA) is 162 Å². The van der Waals surface area contributed by atoms with Crippen LogP contribution in [-0.2, 0) is 0 Å². The van der Waals surface area contributed by atoms with E-state index in [-0.39, 0.29) is 35.9 Å². The Morgan fingerprint density at radius 1 is 0.600 bits per heavy atom. The first-order valence-corrected chi connectivity index (χ1v) is 13.0. The molecule has 0 amide bonds. The number of ether oxygens (including phenoxy) is 4. The quantitative estimate of drug-likeness (QED) is 0.213. The molecule has 0 fully saturated rings. The smallest absolute Gasteiger partial charge is 0.330 e. The summed E-state index contributed by atoms with van der Waals surface area (Å²) in [6.45, 7) is 5.09. The molecular formula is C26H30N10O4. The zero-order valence-electron chi connectivity index (χ0n) is 22.2. The molecule has 5 rings (SSSR count). The van der Waals surface area contributed by atoms with E-state index < -0.39 is 0 Å². The SMILES string of the molecule is CCCCOc1nc2nc(n1)Oc1cccc(c1)Oc1nc(nc(OCCCC)n1)NNc1cccc(c1)NN2. The third-order valence-corrected chi connectivity index (χ3v) is 5.37. The van der Waals surface area contributed by atoms with Crippen molar-refractivity contribution < 1.29 is 18.9 Å². The van der Waals surface area contributed by atoms with Gasteiger partial charge in [-0.3, -0.25) is 21.7 Å². The van der Waals surface area contributed by atoms with E-state index in [1.54, 1.807) is 24.3 Å². The number of fused-ring (bicyclic) bond motifs is 8. The number of nitrogens with one attached hydrogen (secondary N) is 4. The average Bonchev–Trinajstić information content (AvgIpc) is 2.95. The summed E-state index contributed by atoms with van der Waals surface area (Å²) in [7, 11) is 0. The van der Waals surface area contributed by atoms with E-state index >= 15 is 0 Å². The number of aromatic nitrogens is 6. The van der Waals surface area contributed by atoms with Crippen LogP contribution in [0, 0.1) is 0 Å². The van der Waals surface area contributed by atoms with Crippen molar-refractivity contribution in [3.63, 3.8) is 0 Å². The van der Waals surface area contributed by atoms with Crippen LogP contribution in [0.2, 0.25) is 0 Å². The predicted molar refractivity (Wildman–Crippen MR) is 148 cm³/mol. The molecule has 14 nitrogen and oxygen atoms in total. The molecule has 3 heterocycles. The van der Waals surface area contributed by atoms with Gasteiger partial charge in [-0.1, -0.05) is 38.8 Å². The number of benzene rings is 2. The van der Waals surface area contributed by atoms with E-state index in [1.807, 2.05) is 24.3 Å². The Kier molecular flexibility index (Phi) is 8.66. The predicted octanol–water partition coefficient (Wildman–Crippen LogP) is 5.19. The van der Waals surface area contributed by atoms with Gasteiger partial charge in [-0.25, -0.2) is 0 Å². The molecule has 208 valence electrons. The van der Waals surface area contributed by atoms with Gasteiger partial charge >= 0.3 is 24.0 Å². The third-order valence-electron chi connectivity index (χ3n) is 5.37. The number of hydrazine groups is 2. The van der Waals surface area contributed by atoms with Crippen molar-refractivity contribution in [3.8, 4) is 35.5 Å². The third kappa shape index (κ3) is 7.46. The summed E-state index contributed by atoms with van der Waals surface area (Å²) in [5.41, 5.74) is 13.6. The molecule has 0 aliphatic carbocycles. The molecule has 4 aromatic rings. The van der Waals surface area contributed by atoms with Crippen molar-refractivity contribution in [1.29, 1.82) is 0 Å². The van der Waals surface area contributed by atoms with Crippen LogP contribution >= 0.6 is 0 Å². The van der Waals surface area contributed by atoms with Crippen LogP contribution in [0.4, 0.5) is 23.3 Å². The Morgan fingerprint density at radius 3 is 1.60 bits per heavy atom. The fourth-order valence-electron chi connectivity index (χ4n) is 3.37.